The molecule has 5 N–H and O–H groups in total. The number of hydrogen-bond donors (Lipinski definition) is 5. The van der Waals surface area contributed by atoms with Crippen molar-refractivity contribution in [1.29, 1.82) is 0 Å². The fourth-order valence-electron chi connectivity index (χ4n) is 7.25. The number of carbonyl (C=O) groups is 2. The molecule has 0 bridgehead atoms. The number of rotatable bonds is 5. The number of fused-ring (bicyclic) bond motifs is 3. The molecular weight excluding hydrogens is 516 g/mol. The van der Waals surface area contributed by atoms with Gasteiger partial charge in [-0.1, -0.05) is 13.8 Å². The Balaban J connectivity index is 1.52. The van der Waals surface area contributed by atoms with E-state index in [-0.39, 0.29) is 18.4 Å². The summed E-state index contributed by atoms with van der Waals surface area (Å²) in [5.74, 6) is -2.26. The van der Waals surface area contributed by atoms with Crippen molar-refractivity contribution in [3.8, 4) is 0 Å². The highest BCUT2D eigenvalue weighted by Gasteiger charge is 2.66. The van der Waals surface area contributed by atoms with Gasteiger partial charge in [0.1, 0.15) is 30.5 Å². The molecule has 2 saturated heterocycles. The van der Waals surface area contributed by atoms with Crippen molar-refractivity contribution < 1.29 is 58.5 Å². The summed E-state index contributed by atoms with van der Waals surface area (Å²) in [4.78, 5) is 26.4. The SMILES string of the molecule is COC(=O)C1=C[C@@H](O[C@@H]2O[C@H](CO)[C@@H](O)[C@H](O)[C@H]2O)C[C@H]2[C@@]3(C)C[C@@H](c4ccoc4)OC(=O)[C@H]3C[C@H](O)[C@@]12C. The second kappa shape index (κ2) is 10.3. The van der Waals surface area contributed by atoms with Crippen molar-refractivity contribution in [3.63, 3.8) is 0 Å². The lowest BCUT2D eigenvalue weighted by Crippen LogP contribution is -2.63. The minimum absolute atomic E-state index is 0.0903. The van der Waals surface area contributed by atoms with Gasteiger partial charge in [-0.05, 0) is 42.7 Å². The summed E-state index contributed by atoms with van der Waals surface area (Å²) >= 11 is 0. The van der Waals surface area contributed by atoms with Crippen molar-refractivity contribution in [2.45, 2.75) is 82.1 Å². The topological polar surface area (TPSA) is 185 Å². The highest BCUT2D eigenvalue weighted by molar-refractivity contribution is 5.91. The zero-order valence-corrected chi connectivity index (χ0v) is 22.0. The number of aliphatic hydroxyl groups is 5. The van der Waals surface area contributed by atoms with Crippen LogP contribution in [0, 0.1) is 22.7 Å². The number of methoxy groups -OCH3 is 1. The average molecular weight is 553 g/mol. The van der Waals surface area contributed by atoms with Crippen LogP contribution in [0.25, 0.3) is 0 Å². The van der Waals surface area contributed by atoms with E-state index in [0.29, 0.717) is 12.0 Å². The zero-order valence-electron chi connectivity index (χ0n) is 22.0. The number of ether oxygens (including phenoxy) is 4. The number of aliphatic hydroxyl groups excluding tert-OH is 5. The molecule has 3 heterocycles. The van der Waals surface area contributed by atoms with Crippen molar-refractivity contribution in [2.24, 2.45) is 22.7 Å². The fraction of sp³-hybridized carbons (Fsp3) is 0.704. The van der Waals surface area contributed by atoms with Crippen molar-refractivity contribution in [1.82, 2.24) is 0 Å². The van der Waals surface area contributed by atoms with Crippen LogP contribution in [0.2, 0.25) is 0 Å². The van der Waals surface area contributed by atoms with Gasteiger partial charge in [0.25, 0.3) is 0 Å². The molecule has 5 rings (SSSR count). The first-order chi connectivity index (χ1) is 18.4. The molecule has 0 amide bonds. The molecule has 3 fully saturated rings. The Morgan fingerprint density at radius 2 is 1.87 bits per heavy atom. The van der Waals surface area contributed by atoms with Crippen LogP contribution in [0.4, 0.5) is 0 Å². The van der Waals surface area contributed by atoms with Gasteiger partial charge in [-0.15, -0.1) is 0 Å². The maximum absolute atomic E-state index is 13.3. The van der Waals surface area contributed by atoms with Crippen LogP contribution >= 0.6 is 0 Å². The quantitative estimate of drug-likeness (QED) is 0.308. The van der Waals surface area contributed by atoms with E-state index in [1.165, 1.54) is 25.7 Å². The van der Waals surface area contributed by atoms with E-state index in [2.05, 4.69) is 0 Å². The summed E-state index contributed by atoms with van der Waals surface area (Å²) in [7, 11) is 1.23. The highest BCUT2D eigenvalue weighted by atomic mass is 16.7. The van der Waals surface area contributed by atoms with E-state index >= 15 is 0 Å². The van der Waals surface area contributed by atoms with Crippen LogP contribution in [-0.4, -0.2) is 94.1 Å². The molecule has 4 aliphatic rings. The molecular formula is C27H36O12. The first-order valence-corrected chi connectivity index (χ1v) is 13.1. The lowest BCUT2D eigenvalue weighted by molar-refractivity contribution is -0.311. The summed E-state index contributed by atoms with van der Waals surface area (Å²) in [6.07, 6.45) is -4.72. The predicted molar refractivity (Wildman–Crippen MR) is 129 cm³/mol. The molecule has 12 nitrogen and oxygen atoms in total. The minimum atomic E-state index is -1.64. The molecule has 1 aromatic rings. The molecule has 1 aromatic heterocycles. The van der Waals surface area contributed by atoms with Gasteiger partial charge in [-0.3, -0.25) is 4.79 Å². The van der Waals surface area contributed by atoms with Gasteiger partial charge in [0.05, 0.1) is 44.4 Å². The molecule has 12 heteroatoms. The van der Waals surface area contributed by atoms with Crippen LogP contribution in [0.5, 0.6) is 0 Å². The third-order valence-corrected chi connectivity index (χ3v) is 9.51. The maximum atomic E-state index is 13.3. The Bertz CT molecular complexity index is 1100. The van der Waals surface area contributed by atoms with E-state index in [0.717, 1.165) is 0 Å². The Labute approximate surface area is 225 Å². The monoisotopic (exact) mass is 552 g/mol. The van der Waals surface area contributed by atoms with Gasteiger partial charge in [-0.25, -0.2) is 4.79 Å². The van der Waals surface area contributed by atoms with E-state index in [9.17, 15) is 35.1 Å². The van der Waals surface area contributed by atoms with Crippen molar-refractivity contribution in [2.75, 3.05) is 13.7 Å². The van der Waals surface area contributed by atoms with Gasteiger partial charge in [0.2, 0.25) is 0 Å². The molecule has 0 spiro atoms. The third-order valence-electron chi connectivity index (χ3n) is 9.51. The molecule has 216 valence electrons. The van der Waals surface area contributed by atoms with Crippen LogP contribution in [-0.2, 0) is 28.5 Å². The Morgan fingerprint density at radius 1 is 1.13 bits per heavy atom. The lowest BCUT2D eigenvalue weighted by Gasteiger charge is -2.61. The molecule has 0 radical (unpaired) electrons. The highest BCUT2D eigenvalue weighted by Crippen LogP contribution is 2.65. The van der Waals surface area contributed by atoms with Crippen LogP contribution in [0.1, 0.15) is 44.8 Å². The van der Waals surface area contributed by atoms with E-state index in [1.807, 2.05) is 6.92 Å². The van der Waals surface area contributed by atoms with Crippen LogP contribution in [0.15, 0.2) is 34.7 Å². The second-order valence-electron chi connectivity index (χ2n) is 11.5. The van der Waals surface area contributed by atoms with Crippen LogP contribution < -0.4 is 0 Å². The number of carbonyl (C=O) groups excluding carboxylic acids is 2. The van der Waals surface area contributed by atoms with Gasteiger partial charge in [0.15, 0.2) is 6.29 Å². The minimum Gasteiger partial charge on any atom is -0.472 e. The van der Waals surface area contributed by atoms with Crippen molar-refractivity contribution >= 4 is 11.9 Å². The summed E-state index contributed by atoms with van der Waals surface area (Å²) in [5, 5.41) is 51.9. The van der Waals surface area contributed by atoms with Gasteiger partial charge < -0.3 is 48.9 Å². The standard InChI is InChI=1S/C27H36O12/c1-26-9-16(12-4-5-36-11-12)38-24(34)14(26)8-19(29)27(2)15(23(33)35-3)6-13(7-18(26)27)37-25-22(32)21(31)20(30)17(10-28)39-25/h4-6,11,13-14,16-22,25,28-32H,7-10H2,1-3H3/t13-,14-,16+,17-,18+,19+,20-,21+,22-,25-,26+,27+/m1/s1. The summed E-state index contributed by atoms with van der Waals surface area (Å²) in [6, 6.07) is 1.73. The van der Waals surface area contributed by atoms with Crippen LogP contribution in [0.3, 0.4) is 0 Å². The van der Waals surface area contributed by atoms with E-state index in [1.54, 1.807) is 13.0 Å². The number of esters is 2. The first kappa shape index (κ1) is 28.2. The Morgan fingerprint density at radius 3 is 2.51 bits per heavy atom. The third kappa shape index (κ3) is 4.42. The second-order valence-corrected chi connectivity index (χ2v) is 11.5. The normalized spacial score (nSPS) is 45.9. The van der Waals surface area contributed by atoms with E-state index < -0.39 is 90.2 Å². The molecule has 2 aliphatic heterocycles. The average Bonchev–Trinajstić information content (AvgIpc) is 3.45. The zero-order chi connectivity index (χ0) is 28.3. The number of furan rings is 1. The summed E-state index contributed by atoms with van der Waals surface area (Å²) < 4.78 is 27.6. The number of hydrogen-bond acceptors (Lipinski definition) is 12. The van der Waals surface area contributed by atoms with Gasteiger partial charge >= 0.3 is 11.9 Å². The van der Waals surface area contributed by atoms with Gasteiger partial charge in [0, 0.05) is 16.6 Å². The van der Waals surface area contributed by atoms with E-state index in [4.69, 9.17) is 23.4 Å². The first-order valence-electron chi connectivity index (χ1n) is 13.1. The predicted octanol–water partition coefficient (Wildman–Crippen LogP) is -0.0346. The van der Waals surface area contributed by atoms with Crippen molar-refractivity contribution in [3.05, 3.63) is 35.8 Å². The maximum Gasteiger partial charge on any atom is 0.334 e. The molecule has 39 heavy (non-hydrogen) atoms. The molecule has 12 atom stereocenters. The summed E-state index contributed by atoms with van der Waals surface area (Å²) in [6.45, 7) is 3.11. The molecule has 2 aliphatic carbocycles. The largest absolute Gasteiger partial charge is 0.472 e. The molecule has 0 aromatic carbocycles. The Hall–Kier alpha value is -2.32. The lowest BCUT2D eigenvalue weighted by atomic mass is 9.44. The molecule has 1 saturated carbocycles. The fourth-order valence-corrected chi connectivity index (χ4v) is 7.25. The molecule has 0 unspecified atom stereocenters. The smallest absolute Gasteiger partial charge is 0.334 e. The number of cyclic esters (lactones) is 1. The Kier molecular flexibility index (Phi) is 7.42. The van der Waals surface area contributed by atoms with Gasteiger partial charge in [-0.2, -0.15) is 0 Å². The summed E-state index contributed by atoms with van der Waals surface area (Å²) in [5.41, 5.74) is -0.992.